The summed E-state index contributed by atoms with van der Waals surface area (Å²) < 4.78 is 13.9. The maximum absolute atomic E-state index is 13.9. The van der Waals surface area contributed by atoms with E-state index in [2.05, 4.69) is 0 Å². The van der Waals surface area contributed by atoms with Gasteiger partial charge >= 0.3 is 5.97 Å². The molecule has 0 radical (unpaired) electrons. The Kier molecular flexibility index (Phi) is 3.21. The summed E-state index contributed by atoms with van der Waals surface area (Å²) in [5.74, 6) is -2.84. The largest absolute Gasteiger partial charge is 0.506 e. The first kappa shape index (κ1) is 12.4. The molecule has 2 aromatic rings. The predicted molar refractivity (Wildman–Crippen MR) is 65.5 cm³/mol. The van der Waals surface area contributed by atoms with E-state index in [0.717, 1.165) is 6.07 Å². The third-order valence-electron chi connectivity index (χ3n) is 2.49. The van der Waals surface area contributed by atoms with Gasteiger partial charge in [-0.2, -0.15) is 0 Å². The van der Waals surface area contributed by atoms with Crippen LogP contribution in [0.3, 0.4) is 0 Å². The summed E-state index contributed by atoms with van der Waals surface area (Å²) in [5, 5.41) is 18.4. The number of rotatable bonds is 2. The summed E-state index contributed by atoms with van der Waals surface area (Å²) in [6.07, 6.45) is 0. The molecule has 0 aliphatic heterocycles. The predicted octanol–water partition coefficient (Wildman–Crippen LogP) is 3.55. The molecule has 0 bridgehead atoms. The normalized spacial score (nSPS) is 10.3. The zero-order valence-corrected chi connectivity index (χ0v) is 9.78. The lowest BCUT2D eigenvalue weighted by Crippen LogP contribution is -2.00. The molecule has 5 heteroatoms. The first-order valence-corrected chi connectivity index (χ1v) is 5.40. The van der Waals surface area contributed by atoms with E-state index >= 15 is 0 Å². The Labute approximate surface area is 107 Å². The fraction of sp³-hybridized carbons (Fsp3) is 0. The van der Waals surface area contributed by atoms with Gasteiger partial charge in [-0.3, -0.25) is 0 Å². The summed E-state index contributed by atoms with van der Waals surface area (Å²) in [4.78, 5) is 10.9. The molecule has 0 spiro atoms. The number of aromatic hydroxyl groups is 1. The Balaban J connectivity index is 2.78. The first-order chi connectivity index (χ1) is 8.52. The van der Waals surface area contributed by atoms with Crippen LogP contribution in [0.4, 0.5) is 4.39 Å². The first-order valence-electron chi connectivity index (χ1n) is 5.02. The van der Waals surface area contributed by atoms with Gasteiger partial charge in [-0.25, -0.2) is 9.18 Å². The molecule has 92 valence electrons. The molecule has 0 saturated heterocycles. The molecule has 2 N–H and O–H groups in total. The minimum Gasteiger partial charge on any atom is -0.506 e. The zero-order valence-electron chi connectivity index (χ0n) is 9.02. The Morgan fingerprint density at radius 2 is 1.83 bits per heavy atom. The van der Waals surface area contributed by atoms with Crippen LogP contribution in [0.1, 0.15) is 10.4 Å². The molecule has 0 aromatic heterocycles. The molecular formula is C13H8ClFO3. The number of phenols is 1. The fourth-order valence-corrected chi connectivity index (χ4v) is 1.85. The van der Waals surface area contributed by atoms with Crippen molar-refractivity contribution in [3.05, 3.63) is 52.8 Å². The molecule has 0 aliphatic carbocycles. The molecule has 0 heterocycles. The highest BCUT2D eigenvalue weighted by Crippen LogP contribution is 2.38. The molecule has 2 rings (SSSR count). The number of carboxylic acids is 1. The summed E-state index contributed by atoms with van der Waals surface area (Å²) in [7, 11) is 0. The van der Waals surface area contributed by atoms with Gasteiger partial charge in [0.15, 0.2) is 5.82 Å². The third kappa shape index (κ3) is 2.02. The van der Waals surface area contributed by atoms with Crippen LogP contribution in [0.2, 0.25) is 5.02 Å². The number of hydrogen-bond donors (Lipinski definition) is 2. The molecule has 0 aliphatic rings. The number of benzene rings is 2. The van der Waals surface area contributed by atoms with Crippen molar-refractivity contribution in [1.82, 2.24) is 0 Å². The van der Waals surface area contributed by atoms with E-state index in [0.29, 0.717) is 5.56 Å². The van der Waals surface area contributed by atoms with Gasteiger partial charge in [0.1, 0.15) is 11.3 Å². The van der Waals surface area contributed by atoms with Gasteiger partial charge in [0, 0.05) is 0 Å². The average Bonchev–Trinajstić information content (AvgIpc) is 2.35. The van der Waals surface area contributed by atoms with Crippen LogP contribution in [-0.2, 0) is 0 Å². The van der Waals surface area contributed by atoms with Crippen LogP contribution in [0.5, 0.6) is 5.75 Å². The van der Waals surface area contributed by atoms with Crippen molar-refractivity contribution in [3.8, 4) is 16.9 Å². The number of hydrogen-bond acceptors (Lipinski definition) is 2. The zero-order chi connectivity index (χ0) is 13.3. The molecule has 0 amide bonds. The second kappa shape index (κ2) is 4.66. The van der Waals surface area contributed by atoms with Gasteiger partial charge in [0.05, 0.1) is 10.6 Å². The van der Waals surface area contributed by atoms with Crippen LogP contribution in [0, 0.1) is 5.82 Å². The van der Waals surface area contributed by atoms with Gasteiger partial charge in [-0.15, -0.1) is 0 Å². The van der Waals surface area contributed by atoms with Crippen LogP contribution < -0.4 is 0 Å². The molecule has 0 fully saturated rings. The minimum absolute atomic E-state index is 0.208. The quantitative estimate of drug-likeness (QED) is 0.874. The highest BCUT2D eigenvalue weighted by atomic mass is 35.5. The Morgan fingerprint density at radius 1 is 1.22 bits per heavy atom. The van der Waals surface area contributed by atoms with E-state index in [1.807, 2.05) is 0 Å². The molecule has 0 unspecified atom stereocenters. The third-order valence-corrected chi connectivity index (χ3v) is 2.76. The monoisotopic (exact) mass is 266 g/mol. The van der Waals surface area contributed by atoms with Crippen molar-refractivity contribution < 1.29 is 19.4 Å². The molecular weight excluding hydrogens is 259 g/mol. The molecule has 2 aromatic carbocycles. The van der Waals surface area contributed by atoms with Crippen LogP contribution in [-0.4, -0.2) is 16.2 Å². The highest BCUT2D eigenvalue weighted by molar-refractivity contribution is 6.31. The van der Waals surface area contributed by atoms with E-state index in [4.69, 9.17) is 16.7 Å². The fourth-order valence-electron chi connectivity index (χ4n) is 1.65. The van der Waals surface area contributed by atoms with Crippen LogP contribution in [0.15, 0.2) is 36.4 Å². The highest BCUT2D eigenvalue weighted by Gasteiger charge is 2.21. The summed E-state index contributed by atoms with van der Waals surface area (Å²) in [6.45, 7) is 0. The van der Waals surface area contributed by atoms with Gasteiger partial charge < -0.3 is 10.2 Å². The van der Waals surface area contributed by atoms with E-state index in [1.165, 1.54) is 0 Å². The molecule has 3 nitrogen and oxygen atoms in total. The SMILES string of the molecule is O=C(O)c1cc(Cl)c(F)c(-c2ccccc2)c1O. The minimum atomic E-state index is -1.37. The van der Waals surface area contributed by atoms with Gasteiger partial charge in [-0.05, 0) is 11.6 Å². The maximum atomic E-state index is 13.9. The Hall–Kier alpha value is -2.07. The Bertz CT molecular complexity index is 611. The standard InChI is InChI=1S/C13H8ClFO3/c14-9-6-8(13(17)18)12(16)10(11(9)15)7-4-2-1-3-5-7/h1-6,16H,(H,17,18). The van der Waals surface area contributed by atoms with Crippen LogP contribution >= 0.6 is 11.6 Å². The lowest BCUT2D eigenvalue weighted by molar-refractivity contribution is 0.0694. The van der Waals surface area contributed by atoms with Crippen LogP contribution in [0.25, 0.3) is 11.1 Å². The van der Waals surface area contributed by atoms with E-state index in [9.17, 15) is 14.3 Å². The lowest BCUT2D eigenvalue weighted by atomic mass is 10.0. The smallest absolute Gasteiger partial charge is 0.339 e. The molecule has 0 atom stereocenters. The van der Waals surface area contributed by atoms with Crippen molar-refractivity contribution in [1.29, 1.82) is 0 Å². The van der Waals surface area contributed by atoms with E-state index in [1.54, 1.807) is 30.3 Å². The van der Waals surface area contributed by atoms with Gasteiger partial charge in [0.25, 0.3) is 0 Å². The van der Waals surface area contributed by atoms with Crippen molar-refractivity contribution in [2.75, 3.05) is 0 Å². The topological polar surface area (TPSA) is 57.5 Å². The second-order valence-corrected chi connectivity index (χ2v) is 4.02. The van der Waals surface area contributed by atoms with Crippen molar-refractivity contribution in [2.24, 2.45) is 0 Å². The number of carboxylic acid groups (broad SMARTS) is 1. The van der Waals surface area contributed by atoms with Crippen molar-refractivity contribution >= 4 is 17.6 Å². The summed E-state index contributed by atoms with van der Waals surface area (Å²) >= 11 is 5.64. The molecule has 18 heavy (non-hydrogen) atoms. The lowest BCUT2D eigenvalue weighted by Gasteiger charge is -2.10. The van der Waals surface area contributed by atoms with Crippen molar-refractivity contribution in [2.45, 2.75) is 0 Å². The molecule has 0 saturated carbocycles. The van der Waals surface area contributed by atoms with Crippen molar-refractivity contribution in [3.63, 3.8) is 0 Å². The van der Waals surface area contributed by atoms with Gasteiger partial charge in [0.2, 0.25) is 0 Å². The second-order valence-electron chi connectivity index (χ2n) is 3.61. The number of carbonyl (C=O) groups is 1. The summed E-state index contributed by atoms with van der Waals surface area (Å²) in [5.41, 5.74) is -0.279. The maximum Gasteiger partial charge on any atom is 0.339 e. The number of aromatic carboxylic acids is 1. The number of halogens is 2. The summed E-state index contributed by atoms with van der Waals surface area (Å²) in [6, 6.07) is 9.02. The van der Waals surface area contributed by atoms with E-state index < -0.39 is 23.1 Å². The Morgan fingerprint density at radius 3 is 2.39 bits per heavy atom. The van der Waals surface area contributed by atoms with Gasteiger partial charge in [-0.1, -0.05) is 41.9 Å². The van der Waals surface area contributed by atoms with E-state index in [-0.39, 0.29) is 10.6 Å². The average molecular weight is 267 g/mol.